The summed E-state index contributed by atoms with van der Waals surface area (Å²) in [5.41, 5.74) is 2.49. The monoisotopic (exact) mass is 315 g/mol. The lowest BCUT2D eigenvalue weighted by molar-refractivity contribution is -0.121. The van der Waals surface area contributed by atoms with Gasteiger partial charge >= 0.3 is 6.03 Å². The summed E-state index contributed by atoms with van der Waals surface area (Å²) in [6, 6.07) is 7.01. The maximum absolute atomic E-state index is 12.3. The number of anilines is 1. The lowest BCUT2D eigenvalue weighted by Crippen LogP contribution is -2.40. The third-order valence-corrected chi connectivity index (χ3v) is 3.66. The Balaban J connectivity index is 2.02. The van der Waals surface area contributed by atoms with E-state index in [0.717, 1.165) is 11.3 Å². The van der Waals surface area contributed by atoms with E-state index in [1.54, 1.807) is 26.6 Å². The zero-order valence-electron chi connectivity index (χ0n) is 13.5. The molecule has 0 aliphatic rings. The fourth-order valence-electron chi connectivity index (χ4n) is 2.10. The van der Waals surface area contributed by atoms with E-state index in [4.69, 9.17) is 0 Å². The van der Waals surface area contributed by atoms with Crippen molar-refractivity contribution in [1.29, 1.82) is 0 Å². The molecule has 7 nitrogen and oxygen atoms in total. The van der Waals surface area contributed by atoms with Gasteiger partial charge in [-0.3, -0.25) is 4.79 Å². The number of amides is 3. The van der Waals surface area contributed by atoms with Crippen LogP contribution in [-0.2, 0) is 4.79 Å². The Bertz CT molecular complexity index is 669. The Kier molecular flexibility index (Phi) is 5.35. The molecule has 3 amide bonds. The highest BCUT2D eigenvalue weighted by atomic mass is 16.2. The van der Waals surface area contributed by atoms with Gasteiger partial charge in [0, 0.05) is 37.8 Å². The molecule has 0 aliphatic carbocycles. The maximum atomic E-state index is 12.3. The van der Waals surface area contributed by atoms with E-state index in [9.17, 15) is 9.59 Å². The second kappa shape index (κ2) is 7.44. The van der Waals surface area contributed by atoms with Crippen LogP contribution in [0.3, 0.4) is 0 Å². The van der Waals surface area contributed by atoms with Crippen molar-refractivity contribution in [3.63, 3.8) is 0 Å². The van der Waals surface area contributed by atoms with E-state index in [1.807, 2.05) is 31.2 Å². The first-order chi connectivity index (χ1) is 11.0. The molecular weight excluding hydrogens is 294 g/mol. The van der Waals surface area contributed by atoms with Gasteiger partial charge in [-0.15, -0.1) is 0 Å². The average Bonchev–Trinajstić information content (AvgIpc) is 3.08. The summed E-state index contributed by atoms with van der Waals surface area (Å²) in [6.45, 7) is 1.83. The van der Waals surface area contributed by atoms with Crippen LogP contribution in [0.25, 0.3) is 11.3 Å². The molecule has 1 heterocycles. The third-order valence-electron chi connectivity index (χ3n) is 3.66. The quantitative estimate of drug-likeness (QED) is 0.789. The van der Waals surface area contributed by atoms with Gasteiger partial charge in [0.05, 0.1) is 18.2 Å². The number of rotatable bonds is 5. The molecule has 0 fully saturated rings. The molecule has 23 heavy (non-hydrogen) atoms. The number of nitrogens with one attached hydrogen (secondary N) is 3. The second-order valence-corrected chi connectivity index (χ2v) is 5.31. The fourth-order valence-corrected chi connectivity index (χ4v) is 2.10. The van der Waals surface area contributed by atoms with Crippen molar-refractivity contribution in [2.45, 2.75) is 19.4 Å². The number of nitrogens with zero attached hydrogens (tertiary/aromatic N) is 2. The molecule has 0 saturated carbocycles. The Morgan fingerprint density at radius 2 is 2.17 bits per heavy atom. The number of aromatic amines is 1. The molecule has 1 aromatic carbocycles. The van der Waals surface area contributed by atoms with E-state index < -0.39 is 0 Å². The number of carbonyl (C=O) groups is 2. The van der Waals surface area contributed by atoms with Gasteiger partial charge in [-0.1, -0.05) is 12.1 Å². The van der Waals surface area contributed by atoms with Crippen LogP contribution in [0.15, 0.2) is 36.8 Å². The van der Waals surface area contributed by atoms with Gasteiger partial charge in [0.1, 0.15) is 0 Å². The summed E-state index contributed by atoms with van der Waals surface area (Å²) >= 11 is 0. The first-order valence-corrected chi connectivity index (χ1v) is 7.34. The van der Waals surface area contributed by atoms with Crippen molar-refractivity contribution in [3.8, 4) is 11.3 Å². The van der Waals surface area contributed by atoms with E-state index in [-0.39, 0.29) is 24.4 Å². The smallest absolute Gasteiger partial charge is 0.321 e. The molecule has 0 radical (unpaired) electrons. The molecule has 0 spiro atoms. The number of imidazole rings is 1. The number of carbonyl (C=O) groups excluding carboxylic acids is 2. The molecule has 3 N–H and O–H groups in total. The zero-order chi connectivity index (χ0) is 16.8. The minimum atomic E-state index is -0.261. The lowest BCUT2D eigenvalue weighted by Gasteiger charge is -2.24. The van der Waals surface area contributed by atoms with Gasteiger partial charge in [-0.2, -0.15) is 0 Å². The van der Waals surface area contributed by atoms with Gasteiger partial charge in [0.25, 0.3) is 0 Å². The minimum absolute atomic E-state index is 0.0987. The Hall–Kier alpha value is -2.83. The molecule has 0 bridgehead atoms. The number of hydrogen-bond donors (Lipinski definition) is 3. The van der Waals surface area contributed by atoms with Crippen LogP contribution in [-0.4, -0.2) is 46.9 Å². The van der Waals surface area contributed by atoms with Crippen LogP contribution in [0, 0.1) is 0 Å². The summed E-state index contributed by atoms with van der Waals surface area (Å²) < 4.78 is 0. The van der Waals surface area contributed by atoms with E-state index in [1.165, 1.54) is 4.90 Å². The van der Waals surface area contributed by atoms with Crippen molar-refractivity contribution in [3.05, 3.63) is 36.8 Å². The summed E-state index contributed by atoms with van der Waals surface area (Å²) in [5.74, 6) is -0.0987. The number of urea groups is 1. The average molecular weight is 315 g/mol. The Morgan fingerprint density at radius 1 is 1.39 bits per heavy atom. The van der Waals surface area contributed by atoms with Gasteiger partial charge < -0.3 is 20.5 Å². The summed E-state index contributed by atoms with van der Waals surface area (Å²) in [7, 11) is 3.25. The fraction of sp³-hybridized carbons (Fsp3) is 0.312. The van der Waals surface area contributed by atoms with Crippen LogP contribution in [0.2, 0.25) is 0 Å². The van der Waals surface area contributed by atoms with Crippen molar-refractivity contribution in [2.24, 2.45) is 0 Å². The van der Waals surface area contributed by atoms with Gasteiger partial charge in [0.15, 0.2) is 0 Å². The van der Waals surface area contributed by atoms with Crippen molar-refractivity contribution in [1.82, 2.24) is 20.2 Å². The number of H-pyrrole nitrogens is 1. The SMILES string of the molecule is CNC(=O)CC(C)N(C)C(=O)Nc1cccc(-c2cnc[nH]2)c1. The molecule has 122 valence electrons. The first-order valence-electron chi connectivity index (χ1n) is 7.34. The van der Waals surface area contributed by atoms with Crippen LogP contribution >= 0.6 is 0 Å². The van der Waals surface area contributed by atoms with Crippen molar-refractivity contribution in [2.75, 3.05) is 19.4 Å². The standard InChI is InChI=1S/C16H21N5O2/c1-11(7-15(22)17-2)21(3)16(23)20-13-6-4-5-12(8-13)14-9-18-10-19-14/h4-6,8-11H,7H2,1-3H3,(H,17,22)(H,18,19)(H,20,23). The van der Waals surface area contributed by atoms with Crippen molar-refractivity contribution >= 4 is 17.6 Å². The summed E-state index contributed by atoms with van der Waals surface area (Å²) in [5, 5.41) is 5.39. The highest BCUT2D eigenvalue weighted by molar-refractivity contribution is 5.90. The predicted molar refractivity (Wildman–Crippen MR) is 89.0 cm³/mol. The van der Waals surface area contributed by atoms with E-state index in [0.29, 0.717) is 5.69 Å². The Morgan fingerprint density at radius 3 is 2.83 bits per heavy atom. The molecule has 1 atom stereocenters. The number of aromatic nitrogens is 2. The normalized spacial score (nSPS) is 11.6. The molecule has 1 unspecified atom stereocenters. The van der Waals surface area contributed by atoms with Gasteiger partial charge in [0.2, 0.25) is 5.91 Å². The molecule has 1 aromatic heterocycles. The zero-order valence-corrected chi connectivity index (χ0v) is 13.5. The van der Waals surface area contributed by atoms with Crippen LogP contribution in [0.4, 0.5) is 10.5 Å². The largest absolute Gasteiger partial charge is 0.359 e. The lowest BCUT2D eigenvalue weighted by atomic mass is 10.1. The Labute approximate surface area is 135 Å². The first kappa shape index (κ1) is 16.5. The highest BCUT2D eigenvalue weighted by Gasteiger charge is 2.18. The minimum Gasteiger partial charge on any atom is -0.359 e. The van der Waals surface area contributed by atoms with Gasteiger partial charge in [-0.05, 0) is 19.1 Å². The molecule has 2 aromatic rings. The number of benzene rings is 1. The van der Waals surface area contributed by atoms with E-state index in [2.05, 4.69) is 20.6 Å². The molecule has 7 heteroatoms. The van der Waals surface area contributed by atoms with E-state index >= 15 is 0 Å². The molecule has 0 aliphatic heterocycles. The summed E-state index contributed by atoms with van der Waals surface area (Å²) in [4.78, 5) is 32.2. The third kappa shape index (κ3) is 4.32. The van der Waals surface area contributed by atoms with Crippen LogP contribution in [0.1, 0.15) is 13.3 Å². The summed E-state index contributed by atoms with van der Waals surface area (Å²) in [6.07, 6.45) is 3.59. The highest BCUT2D eigenvalue weighted by Crippen LogP contribution is 2.20. The van der Waals surface area contributed by atoms with Crippen LogP contribution < -0.4 is 10.6 Å². The second-order valence-electron chi connectivity index (χ2n) is 5.31. The number of hydrogen-bond acceptors (Lipinski definition) is 3. The topological polar surface area (TPSA) is 90.1 Å². The van der Waals surface area contributed by atoms with Gasteiger partial charge in [-0.25, -0.2) is 9.78 Å². The maximum Gasteiger partial charge on any atom is 0.321 e. The molecule has 0 saturated heterocycles. The van der Waals surface area contributed by atoms with Crippen LogP contribution in [0.5, 0.6) is 0 Å². The molecule has 2 rings (SSSR count). The molecular formula is C16H21N5O2. The van der Waals surface area contributed by atoms with Crippen molar-refractivity contribution < 1.29 is 9.59 Å². The predicted octanol–water partition coefficient (Wildman–Crippen LogP) is 2.06.